The Morgan fingerprint density at radius 3 is 2.16 bits per heavy atom. The molecule has 0 aliphatic heterocycles. The topological polar surface area (TPSA) is 101 Å². The first-order valence-electron chi connectivity index (χ1n) is 7.26. The third-order valence-electron chi connectivity index (χ3n) is 3.73. The largest absolute Gasteiger partial charge is 0.872 e. The van der Waals surface area contributed by atoms with Crippen LogP contribution in [0.25, 0.3) is 22.3 Å². The van der Waals surface area contributed by atoms with Crippen molar-refractivity contribution in [2.45, 2.75) is 0 Å². The van der Waals surface area contributed by atoms with Crippen LogP contribution in [0, 0.1) is 0 Å². The number of methoxy groups -OCH3 is 3. The molecule has 25 heavy (non-hydrogen) atoms. The molecule has 0 amide bonds. The smallest absolute Gasteiger partial charge is 0.203 e. The van der Waals surface area contributed by atoms with Crippen LogP contribution < -0.4 is 24.7 Å². The Hall–Kier alpha value is -3.35. The number of aromatic hydroxyl groups is 1. The molecule has 0 saturated carbocycles. The molecule has 7 nitrogen and oxygen atoms in total. The summed E-state index contributed by atoms with van der Waals surface area (Å²) >= 11 is 0. The van der Waals surface area contributed by atoms with E-state index in [4.69, 9.17) is 18.6 Å². The average Bonchev–Trinajstić information content (AvgIpc) is 2.59. The van der Waals surface area contributed by atoms with E-state index in [1.165, 1.54) is 33.5 Å². The molecule has 0 aliphatic carbocycles. The lowest BCUT2D eigenvalue weighted by Crippen LogP contribution is -2.05. The van der Waals surface area contributed by atoms with Crippen LogP contribution in [0.5, 0.6) is 28.7 Å². The van der Waals surface area contributed by atoms with Gasteiger partial charge in [0.2, 0.25) is 5.75 Å². The fourth-order valence-corrected chi connectivity index (χ4v) is 2.60. The monoisotopic (exact) mass is 343 g/mol. The van der Waals surface area contributed by atoms with Gasteiger partial charge in [0.25, 0.3) is 0 Å². The maximum absolute atomic E-state index is 12.3. The number of hydrogen-bond donors (Lipinski definition) is 1. The second-order valence-electron chi connectivity index (χ2n) is 5.21. The summed E-state index contributed by atoms with van der Waals surface area (Å²) < 4.78 is 21.5. The summed E-state index contributed by atoms with van der Waals surface area (Å²) in [5.74, 6) is 0.501. The lowest BCUT2D eigenvalue weighted by molar-refractivity contribution is -0.266. The molecule has 0 spiro atoms. The van der Waals surface area contributed by atoms with E-state index in [2.05, 4.69) is 0 Å². The highest BCUT2D eigenvalue weighted by molar-refractivity contribution is 5.85. The Balaban J connectivity index is 2.28. The fourth-order valence-electron chi connectivity index (χ4n) is 2.60. The van der Waals surface area contributed by atoms with E-state index < -0.39 is 11.2 Å². The first kappa shape index (κ1) is 16.5. The van der Waals surface area contributed by atoms with Gasteiger partial charge in [-0.15, -0.1) is 0 Å². The lowest BCUT2D eigenvalue weighted by atomic mass is 10.1. The molecule has 1 N–H and O–H groups in total. The molecule has 0 saturated heterocycles. The van der Waals surface area contributed by atoms with E-state index in [-0.39, 0.29) is 22.5 Å². The predicted octanol–water partition coefficient (Wildman–Crippen LogP) is 2.27. The molecular weight excluding hydrogens is 328 g/mol. The standard InChI is InChI=1S/C18H16O7/c1-22-15-4-9(5-16(23-2)18(15)24-3)13-8-12(21)17-11(20)6-10(19)7-14(17)25-13/h4-8,19-20H,1-3H3/p-1. The van der Waals surface area contributed by atoms with Crippen molar-refractivity contribution < 1.29 is 28.8 Å². The second-order valence-corrected chi connectivity index (χ2v) is 5.21. The second kappa shape index (κ2) is 6.27. The van der Waals surface area contributed by atoms with Crippen molar-refractivity contribution in [3.63, 3.8) is 0 Å². The Morgan fingerprint density at radius 2 is 1.60 bits per heavy atom. The first-order valence-corrected chi connectivity index (χ1v) is 7.26. The van der Waals surface area contributed by atoms with Crippen LogP contribution in [0.2, 0.25) is 0 Å². The zero-order valence-electron chi connectivity index (χ0n) is 13.8. The zero-order chi connectivity index (χ0) is 18.1. The van der Waals surface area contributed by atoms with Crippen LogP contribution in [-0.4, -0.2) is 26.4 Å². The molecule has 0 atom stereocenters. The molecule has 3 aromatic rings. The molecule has 1 aromatic heterocycles. The van der Waals surface area contributed by atoms with Crippen molar-refractivity contribution in [2.24, 2.45) is 0 Å². The molecule has 0 bridgehead atoms. The van der Waals surface area contributed by atoms with Gasteiger partial charge in [0, 0.05) is 17.7 Å². The van der Waals surface area contributed by atoms with Crippen molar-refractivity contribution >= 4 is 11.0 Å². The van der Waals surface area contributed by atoms with Crippen molar-refractivity contribution in [3.8, 4) is 40.1 Å². The summed E-state index contributed by atoms with van der Waals surface area (Å²) in [6, 6.07) is 6.64. The van der Waals surface area contributed by atoms with Gasteiger partial charge in [-0.1, -0.05) is 5.75 Å². The molecule has 1 heterocycles. The number of phenols is 1. The number of ether oxygens (including phenoxy) is 3. The Bertz CT molecular complexity index is 979. The maximum atomic E-state index is 12.3. The lowest BCUT2D eigenvalue weighted by Gasteiger charge is -2.14. The number of rotatable bonds is 4. The molecule has 0 fully saturated rings. The number of hydrogen-bond acceptors (Lipinski definition) is 7. The quantitative estimate of drug-likeness (QED) is 0.775. The zero-order valence-corrected chi connectivity index (χ0v) is 13.8. The van der Waals surface area contributed by atoms with Gasteiger partial charge in [-0.05, 0) is 18.2 Å². The highest BCUT2D eigenvalue weighted by atomic mass is 16.5. The van der Waals surface area contributed by atoms with E-state index in [9.17, 15) is 15.0 Å². The third-order valence-corrected chi connectivity index (χ3v) is 3.73. The summed E-state index contributed by atoms with van der Waals surface area (Å²) in [5.41, 5.74) is -0.0134. The van der Waals surface area contributed by atoms with Gasteiger partial charge >= 0.3 is 0 Å². The summed E-state index contributed by atoms with van der Waals surface area (Å²) in [6.45, 7) is 0. The van der Waals surface area contributed by atoms with Crippen LogP contribution in [0.4, 0.5) is 0 Å². The average molecular weight is 343 g/mol. The normalized spacial score (nSPS) is 10.7. The number of benzene rings is 2. The van der Waals surface area contributed by atoms with E-state index in [0.717, 1.165) is 6.07 Å². The van der Waals surface area contributed by atoms with Gasteiger partial charge in [0.1, 0.15) is 17.1 Å². The Morgan fingerprint density at radius 1 is 0.960 bits per heavy atom. The number of phenolic OH excluding ortho intramolecular Hbond substituents is 1. The van der Waals surface area contributed by atoms with Gasteiger partial charge in [0.15, 0.2) is 16.9 Å². The van der Waals surface area contributed by atoms with Gasteiger partial charge in [-0.3, -0.25) is 4.79 Å². The summed E-state index contributed by atoms with van der Waals surface area (Å²) in [4.78, 5) is 12.3. The molecule has 130 valence electrons. The summed E-state index contributed by atoms with van der Waals surface area (Å²) in [7, 11) is 4.42. The van der Waals surface area contributed by atoms with E-state index in [1.54, 1.807) is 12.1 Å². The highest BCUT2D eigenvalue weighted by Gasteiger charge is 2.16. The Labute approximate surface area is 142 Å². The van der Waals surface area contributed by atoms with Crippen LogP contribution in [0.15, 0.2) is 39.5 Å². The van der Waals surface area contributed by atoms with E-state index in [1.807, 2.05) is 0 Å². The van der Waals surface area contributed by atoms with E-state index >= 15 is 0 Å². The summed E-state index contributed by atoms with van der Waals surface area (Å²) in [6.07, 6.45) is 0. The molecule has 0 unspecified atom stereocenters. The summed E-state index contributed by atoms with van der Waals surface area (Å²) in [5, 5.41) is 21.3. The fraction of sp³-hybridized carbons (Fsp3) is 0.167. The van der Waals surface area contributed by atoms with Crippen molar-refractivity contribution in [1.82, 2.24) is 0 Å². The van der Waals surface area contributed by atoms with Gasteiger partial charge in [-0.2, -0.15) is 0 Å². The first-order chi connectivity index (χ1) is 12.0. The van der Waals surface area contributed by atoms with E-state index in [0.29, 0.717) is 22.8 Å². The minimum atomic E-state index is -0.597. The highest BCUT2D eigenvalue weighted by Crippen LogP contribution is 2.41. The molecular formula is C18H15O7-. The maximum Gasteiger partial charge on any atom is 0.203 e. The van der Waals surface area contributed by atoms with Gasteiger partial charge in [-0.25, -0.2) is 0 Å². The molecule has 0 radical (unpaired) electrons. The van der Waals surface area contributed by atoms with Gasteiger partial charge in [0.05, 0.1) is 26.7 Å². The van der Waals surface area contributed by atoms with Crippen molar-refractivity contribution in [2.75, 3.05) is 21.3 Å². The van der Waals surface area contributed by atoms with Crippen molar-refractivity contribution in [1.29, 1.82) is 0 Å². The minimum Gasteiger partial charge on any atom is -0.872 e. The molecule has 2 aromatic carbocycles. The van der Waals surface area contributed by atoms with Gasteiger partial charge < -0.3 is 28.8 Å². The molecule has 7 heteroatoms. The third kappa shape index (κ3) is 2.80. The van der Waals surface area contributed by atoms with Crippen LogP contribution in [0.1, 0.15) is 0 Å². The van der Waals surface area contributed by atoms with Crippen molar-refractivity contribution in [3.05, 3.63) is 40.6 Å². The predicted molar refractivity (Wildman–Crippen MR) is 88.7 cm³/mol. The number of fused-ring (bicyclic) bond motifs is 1. The molecule has 3 rings (SSSR count). The molecule has 0 aliphatic rings. The van der Waals surface area contributed by atoms with Crippen LogP contribution in [-0.2, 0) is 0 Å². The van der Waals surface area contributed by atoms with Crippen LogP contribution in [0.3, 0.4) is 0 Å². The van der Waals surface area contributed by atoms with Crippen LogP contribution >= 0.6 is 0 Å². The minimum absolute atomic E-state index is 0.00116. The SMILES string of the molecule is COc1cc(-c2cc(=O)c3c([O-])cc(O)cc3o2)cc(OC)c1OC. The Kier molecular flexibility index (Phi) is 4.14.